The first kappa shape index (κ1) is 20.0. The molecule has 1 fully saturated rings. The summed E-state index contributed by atoms with van der Waals surface area (Å²) in [5, 5.41) is 2.94. The fraction of sp³-hybridized carbons (Fsp3) is 0.364. The van der Waals surface area contributed by atoms with Gasteiger partial charge in [-0.05, 0) is 67.7 Å². The molecule has 1 atom stereocenters. The Balaban J connectivity index is 1.48. The molecule has 5 nitrogen and oxygen atoms in total. The topological polar surface area (TPSA) is 75.4 Å². The number of nitrogens with one attached hydrogen (secondary N) is 1. The first-order chi connectivity index (χ1) is 13.5. The highest BCUT2D eigenvalue weighted by atomic mass is 19.1. The first-order valence-electron chi connectivity index (χ1n) is 9.69. The molecule has 6 heteroatoms. The Labute approximate surface area is 164 Å². The molecule has 0 unspecified atom stereocenters. The lowest BCUT2D eigenvalue weighted by atomic mass is 9.97. The van der Waals surface area contributed by atoms with Gasteiger partial charge in [0.1, 0.15) is 5.82 Å². The molecule has 0 spiro atoms. The van der Waals surface area contributed by atoms with E-state index in [1.807, 2.05) is 18.2 Å². The first-order valence-corrected chi connectivity index (χ1v) is 9.69. The smallest absolute Gasteiger partial charge is 0.251 e. The van der Waals surface area contributed by atoms with Crippen molar-refractivity contribution in [1.29, 1.82) is 0 Å². The third-order valence-corrected chi connectivity index (χ3v) is 5.15. The standard InChI is InChI=1S/C22H26FN3O2/c23-20-9-7-16(8-10-20)17-4-1-5-18(14-17)22(28)25-11-3-13-26-12-2-6-19(15-26)21(24)27/h1,4-5,7-10,14,19H,2-3,6,11-13,15H2,(H2,24,27)(H,25,28)/t19-/m0/s1. The maximum atomic E-state index is 13.1. The summed E-state index contributed by atoms with van der Waals surface area (Å²) in [6, 6.07) is 13.5. The van der Waals surface area contributed by atoms with Gasteiger partial charge in [-0.15, -0.1) is 0 Å². The van der Waals surface area contributed by atoms with Crippen molar-refractivity contribution in [2.24, 2.45) is 11.7 Å². The molecule has 2 aromatic rings. The second-order valence-corrected chi connectivity index (χ2v) is 7.24. The Morgan fingerprint density at radius 3 is 2.68 bits per heavy atom. The second-order valence-electron chi connectivity index (χ2n) is 7.24. The van der Waals surface area contributed by atoms with E-state index >= 15 is 0 Å². The number of hydrogen-bond acceptors (Lipinski definition) is 3. The van der Waals surface area contributed by atoms with Gasteiger partial charge < -0.3 is 16.0 Å². The minimum atomic E-state index is -0.284. The van der Waals surface area contributed by atoms with E-state index in [0.717, 1.165) is 43.5 Å². The number of primary amides is 1. The Morgan fingerprint density at radius 2 is 1.93 bits per heavy atom. The van der Waals surface area contributed by atoms with Crippen LogP contribution in [0.15, 0.2) is 48.5 Å². The molecule has 3 rings (SSSR count). The van der Waals surface area contributed by atoms with Crippen LogP contribution < -0.4 is 11.1 Å². The number of benzene rings is 2. The third kappa shape index (κ3) is 5.39. The number of hydrogen-bond donors (Lipinski definition) is 2. The van der Waals surface area contributed by atoms with E-state index in [2.05, 4.69) is 10.2 Å². The number of amides is 2. The lowest BCUT2D eigenvalue weighted by Gasteiger charge is -2.31. The predicted molar refractivity (Wildman–Crippen MR) is 107 cm³/mol. The van der Waals surface area contributed by atoms with E-state index < -0.39 is 0 Å². The van der Waals surface area contributed by atoms with Gasteiger partial charge in [0.25, 0.3) is 5.91 Å². The summed E-state index contributed by atoms with van der Waals surface area (Å²) >= 11 is 0. The quantitative estimate of drug-likeness (QED) is 0.722. The number of rotatable bonds is 7. The van der Waals surface area contributed by atoms with Crippen molar-refractivity contribution >= 4 is 11.8 Å². The van der Waals surface area contributed by atoms with Crippen molar-refractivity contribution in [2.75, 3.05) is 26.2 Å². The number of halogens is 1. The highest BCUT2D eigenvalue weighted by molar-refractivity contribution is 5.95. The molecule has 3 N–H and O–H groups in total. The fourth-order valence-corrected chi connectivity index (χ4v) is 3.58. The monoisotopic (exact) mass is 383 g/mol. The summed E-state index contributed by atoms with van der Waals surface area (Å²) in [6.07, 6.45) is 2.66. The van der Waals surface area contributed by atoms with Crippen LogP contribution in [0, 0.1) is 11.7 Å². The van der Waals surface area contributed by atoms with Crippen LogP contribution in [0.2, 0.25) is 0 Å². The van der Waals surface area contributed by atoms with Crippen LogP contribution in [-0.4, -0.2) is 42.9 Å². The van der Waals surface area contributed by atoms with Gasteiger partial charge in [-0.3, -0.25) is 9.59 Å². The van der Waals surface area contributed by atoms with Crippen molar-refractivity contribution in [3.8, 4) is 11.1 Å². The highest BCUT2D eigenvalue weighted by Crippen LogP contribution is 2.21. The summed E-state index contributed by atoms with van der Waals surface area (Å²) in [4.78, 5) is 26.0. The number of carbonyl (C=O) groups is 2. The summed E-state index contributed by atoms with van der Waals surface area (Å²) < 4.78 is 13.1. The Bertz CT molecular complexity index is 823. The van der Waals surface area contributed by atoms with Crippen molar-refractivity contribution in [3.05, 3.63) is 59.9 Å². The van der Waals surface area contributed by atoms with E-state index in [1.165, 1.54) is 12.1 Å². The van der Waals surface area contributed by atoms with Crippen LogP contribution in [0.5, 0.6) is 0 Å². The van der Waals surface area contributed by atoms with Gasteiger partial charge >= 0.3 is 0 Å². The molecule has 2 aromatic carbocycles. The molecule has 1 heterocycles. The number of likely N-dealkylation sites (tertiary alicyclic amines) is 1. The minimum Gasteiger partial charge on any atom is -0.369 e. The molecule has 2 amide bonds. The summed E-state index contributed by atoms with van der Waals surface area (Å²) in [7, 11) is 0. The fourth-order valence-electron chi connectivity index (χ4n) is 3.58. The predicted octanol–water partition coefficient (Wildman–Crippen LogP) is 2.81. The molecule has 1 aliphatic rings. The Kier molecular flexibility index (Phi) is 6.76. The van der Waals surface area contributed by atoms with Crippen molar-refractivity contribution < 1.29 is 14.0 Å². The van der Waals surface area contributed by atoms with E-state index in [0.29, 0.717) is 18.7 Å². The molecule has 28 heavy (non-hydrogen) atoms. The normalized spacial score (nSPS) is 17.2. The maximum absolute atomic E-state index is 13.1. The molecule has 0 radical (unpaired) electrons. The Hall–Kier alpha value is -2.73. The molecule has 0 aromatic heterocycles. The number of nitrogens with zero attached hydrogens (tertiary/aromatic N) is 1. The van der Waals surface area contributed by atoms with Crippen LogP contribution in [0.3, 0.4) is 0 Å². The van der Waals surface area contributed by atoms with Crippen LogP contribution in [0.25, 0.3) is 11.1 Å². The average molecular weight is 383 g/mol. The lowest BCUT2D eigenvalue weighted by molar-refractivity contribution is -0.123. The van der Waals surface area contributed by atoms with Crippen molar-refractivity contribution in [1.82, 2.24) is 10.2 Å². The minimum absolute atomic E-state index is 0.0578. The molecule has 0 saturated carbocycles. The van der Waals surface area contributed by atoms with E-state index in [4.69, 9.17) is 5.73 Å². The Morgan fingerprint density at radius 1 is 1.14 bits per heavy atom. The highest BCUT2D eigenvalue weighted by Gasteiger charge is 2.23. The van der Waals surface area contributed by atoms with Gasteiger partial charge in [0.15, 0.2) is 0 Å². The van der Waals surface area contributed by atoms with Gasteiger partial charge in [-0.2, -0.15) is 0 Å². The summed E-state index contributed by atoms with van der Waals surface area (Å²) in [6.45, 7) is 3.08. The third-order valence-electron chi connectivity index (χ3n) is 5.15. The maximum Gasteiger partial charge on any atom is 0.251 e. The SMILES string of the molecule is NC(=O)[C@H]1CCCN(CCCNC(=O)c2cccc(-c3ccc(F)cc3)c2)C1. The molecular weight excluding hydrogens is 357 g/mol. The average Bonchev–Trinajstić information content (AvgIpc) is 2.72. The molecule has 1 saturated heterocycles. The summed E-state index contributed by atoms with van der Waals surface area (Å²) in [5.41, 5.74) is 7.73. The largest absolute Gasteiger partial charge is 0.369 e. The van der Waals surface area contributed by atoms with E-state index in [9.17, 15) is 14.0 Å². The zero-order valence-corrected chi connectivity index (χ0v) is 15.9. The van der Waals surface area contributed by atoms with Crippen LogP contribution in [0.4, 0.5) is 4.39 Å². The van der Waals surface area contributed by atoms with E-state index in [-0.39, 0.29) is 23.5 Å². The number of piperidine rings is 1. The van der Waals surface area contributed by atoms with Crippen LogP contribution in [-0.2, 0) is 4.79 Å². The number of carbonyl (C=O) groups excluding carboxylic acids is 2. The second kappa shape index (κ2) is 9.46. The van der Waals surface area contributed by atoms with Crippen molar-refractivity contribution in [2.45, 2.75) is 19.3 Å². The zero-order valence-electron chi connectivity index (χ0n) is 15.9. The van der Waals surface area contributed by atoms with Gasteiger partial charge in [-0.25, -0.2) is 4.39 Å². The molecular formula is C22H26FN3O2. The molecule has 0 bridgehead atoms. The van der Waals surface area contributed by atoms with Crippen LogP contribution >= 0.6 is 0 Å². The molecule has 148 valence electrons. The molecule has 1 aliphatic heterocycles. The van der Waals surface area contributed by atoms with Crippen LogP contribution in [0.1, 0.15) is 29.6 Å². The van der Waals surface area contributed by atoms with Crippen molar-refractivity contribution in [3.63, 3.8) is 0 Å². The van der Waals surface area contributed by atoms with Gasteiger partial charge in [0.2, 0.25) is 5.91 Å². The lowest BCUT2D eigenvalue weighted by Crippen LogP contribution is -2.42. The number of nitrogens with two attached hydrogens (primary N) is 1. The van der Waals surface area contributed by atoms with Gasteiger partial charge in [0.05, 0.1) is 5.92 Å². The van der Waals surface area contributed by atoms with E-state index in [1.54, 1.807) is 18.2 Å². The van der Waals surface area contributed by atoms with Gasteiger partial charge in [0, 0.05) is 18.7 Å². The zero-order chi connectivity index (χ0) is 19.9. The summed E-state index contributed by atoms with van der Waals surface area (Å²) in [5.74, 6) is -0.692. The van der Waals surface area contributed by atoms with Gasteiger partial charge in [-0.1, -0.05) is 24.3 Å². The molecule has 0 aliphatic carbocycles.